The number of benzene rings is 1. The van der Waals surface area contributed by atoms with E-state index in [9.17, 15) is 18.0 Å². The van der Waals surface area contributed by atoms with Gasteiger partial charge in [-0.25, -0.2) is 14.6 Å². The predicted molar refractivity (Wildman–Crippen MR) is 134 cm³/mol. The molecule has 1 aliphatic rings. The number of carbonyl (C=O) groups excluding carboxylic acids is 1. The number of amides is 1. The molecule has 1 atom stereocenters. The van der Waals surface area contributed by atoms with Gasteiger partial charge in [-0.1, -0.05) is 17.7 Å². The molecular formula is C25H18ClF3N8O2. The van der Waals surface area contributed by atoms with Crippen LogP contribution < -0.4 is 5.32 Å². The highest BCUT2D eigenvalue weighted by molar-refractivity contribution is 6.32. The van der Waals surface area contributed by atoms with Gasteiger partial charge in [0.1, 0.15) is 0 Å². The maximum absolute atomic E-state index is 14.3. The zero-order valence-electron chi connectivity index (χ0n) is 19.9. The first-order chi connectivity index (χ1) is 18.8. The number of carbonyl (C=O) groups is 1. The molecule has 1 fully saturated rings. The van der Waals surface area contributed by atoms with Crippen LogP contribution in [0, 0.1) is 0 Å². The van der Waals surface area contributed by atoms with Gasteiger partial charge in [-0.3, -0.25) is 4.79 Å². The van der Waals surface area contributed by atoms with E-state index in [1.165, 1.54) is 35.5 Å². The lowest BCUT2D eigenvalue weighted by molar-refractivity contribution is -0.143. The topological polar surface area (TPSA) is 113 Å². The van der Waals surface area contributed by atoms with Crippen molar-refractivity contribution in [3.63, 3.8) is 0 Å². The van der Waals surface area contributed by atoms with Crippen LogP contribution in [0.15, 0.2) is 61.2 Å². The first-order valence-electron chi connectivity index (χ1n) is 11.8. The van der Waals surface area contributed by atoms with Gasteiger partial charge in [0.25, 0.3) is 5.91 Å². The first kappa shape index (κ1) is 24.9. The average molecular weight is 555 g/mol. The molecule has 6 rings (SSSR count). The van der Waals surface area contributed by atoms with Crippen molar-refractivity contribution in [1.82, 2.24) is 34.7 Å². The number of ether oxygens (including phenoxy) is 1. The molecule has 0 aliphatic carbocycles. The molecule has 14 heteroatoms. The standard InChI is InChI=1S/C25H18ClF3N8O2/c26-17-11-14(12-30-23(17)37-31-8-9-32-37)34-24(38)16-13-33-36(22(16)25(27,28)29)20-4-1-3-18-15(20)6-7-19(35-18)21-5-2-10-39-21/h1,3-4,6-9,11-13,21H,2,5,10H2,(H,34,38)/t21-/m0/s1. The summed E-state index contributed by atoms with van der Waals surface area (Å²) in [6.45, 7) is 0.644. The van der Waals surface area contributed by atoms with Crippen molar-refractivity contribution in [2.45, 2.75) is 25.1 Å². The molecule has 1 N–H and O–H groups in total. The Morgan fingerprint density at radius 1 is 1.10 bits per heavy atom. The molecule has 10 nitrogen and oxygen atoms in total. The number of nitrogens with zero attached hydrogens (tertiary/aromatic N) is 7. The van der Waals surface area contributed by atoms with Crippen molar-refractivity contribution in [3.05, 3.63) is 83.2 Å². The molecule has 5 heterocycles. The van der Waals surface area contributed by atoms with E-state index in [1.54, 1.807) is 24.3 Å². The van der Waals surface area contributed by atoms with Crippen LogP contribution in [-0.4, -0.2) is 47.3 Å². The minimum absolute atomic E-state index is 0.0813. The summed E-state index contributed by atoms with van der Waals surface area (Å²) in [4.78, 5) is 22.9. The van der Waals surface area contributed by atoms with E-state index < -0.39 is 23.3 Å². The third-order valence-corrected chi connectivity index (χ3v) is 6.47. The van der Waals surface area contributed by atoms with Crippen molar-refractivity contribution in [2.24, 2.45) is 0 Å². The normalized spacial score (nSPS) is 15.6. The molecule has 4 aromatic heterocycles. The van der Waals surface area contributed by atoms with E-state index in [1.807, 2.05) is 0 Å². The Bertz CT molecular complexity index is 1680. The Morgan fingerprint density at radius 3 is 2.64 bits per heavy atom. The molecule has 1 amide bonds. The molecule has 1 aliphatic heterocycles. The molecule has 1 saturated heterocycles. The maximum Gasteiger partial charge on any atom is 0.434 e. The Balaban J connectivity index is 1.35. The molecule has 5 aromatic rings. The van der Waals surface area contributed by atoms with Gasteiger partial charge in [-0.2, -0.15) is 28.5 Å². The Hall–Kier alpha value is -4.36. The number of nitrogens with one attached hydrogen (secondary N) is 1. The summed E-state index contributed by atoms with van der Waals surface area (Å²) in [6.07, 6.45) is 1.68. The van der Waals surface area contributed by atoms with Gasteiger partial charge in [0.15, 0.2) is 11.5 Å². The smallest absolute Gasteiger partial charge is 0.372 e. The Morgan fingerprint density at radius 2 is 1.92 bits per heavy atom. The van der Waals surface area contributed by atoms with E-state index in [4.69, 9.17) is 16.3 Å². The fraction of sp³-hybridized carbons (Fsp3) is 0.200. The molecule has 0 spiro atoms. The van der Waals surface area contributed by atoms with E-state index in [-0.39, 0.29) is 28.3 Å². The number of alkyl halides is 3. The summed E-state index contributed by atoms with van der Waals surface area (Å²) >= 11 is 6.22. The van der Waals surface area contributed by atoms with Crippen LogP contribution >= 0.6 is 11.6 Å². The third kappa shape index (κ3) is 4.70. The van der Waals surface area contributed by atoms with Gasteiger partial charge in [-0.15, -0.1) is 4.80 Å². The van der Waals surface area contributed by atoms with E-state index in [0.29, 0.717) is 22.2 Å². The minimum Gasteiger partial charge on any atom is -0.372 e. The van der Waals surface area contributed by atoms with Crippen molar-refractivity contribution in [1.29, 1.82) is 0 Å². The second-order valence-electron chi connectivity index (χ2n) is 8.70. The van der Waals surface area contributed by atoms with Crippen molar-refractivity contribution >= 4 is 34.1 Å². The highest BCUT2D eigenvalue weighted by Gasteiger charge is 2.41. The molecule has 0 radical (unpaired) electrons. The summed E-state index contributed by atoms with van der Waals surface area (Å²) in [7, 11) is 0. The predicted octanol–water partition coefficient (Wildman–Crippen LogP) is 5.17. The summed E-state index contributed by atoms with van der Waals surface area (Å²) in [5.41, 5.74) is -0.480. The van der Waals surface area contributed by atoms with Crippen LogP contribution in [0.25, 0.3) is 22.4 Å². The van der Waals surface area contributed by atoms with Gasteiger partial charge in [0, 0.05) is 12.0 Å². The second kappa shape index (κ2) is 9.75. The molecule has 0 saturated carbocycles. The SMILES string of the molecule is O=C(Nc1cnc(-n2nccn2)c(Cl)c1)c1cnn(-c2cccc3nc([C@@H]4CCCO4)ccc23)c1C(F)(F)F. The molecule has 198 valence electrons. The number of rotatable bonds is 5. The third-order valence-electron chi connectivity index (χ3n) is 6.19. The van der Waals surface area contributed by atoms with Crippen molar-refractivity contribution in [2.75, 3.05) is 11.9 Å². The summed E-state index contributed by atoms with van der Waals surface area (Å²) in [6, 6.07) is 9.57. The molecular weight excluding hydrogens is 537 g/mol. The number of hydrogen-bond acceptors (Lipinski definition) is 7. The van der Waals surface area contributed by atoms with Gasteiger partial charge in [-0.05, 0) is 43.2 Å². The van der Waals surface area contributed by atoms with Crippen molar-refractivity contribution < 1.29 is 22.7 Å². The number of anilines is 1. The lowest BCUT2D eigenvalue weighted by Crippen LogP contribution is -2.21. The van der Waals surface area contributed by atoms with Crippen molar-refractivity contribution in [3.8, 4) is 11.5 Å². The molecule has 0 unspecified atom stereocenters. The van der Waals surface area contributed by atoms with Crippen LogP contribution in [0.1, 0.15) is 40.7 Å². The average Bonchev–Trinajstić information content (AvgIpc) is 3.70. The Kier molecular flexibility index (Phi) is 6.23. The van der Waals surface area contributed by atoms with Gasteiger partial charge in [0.05, 0.1) is 64.1 Å². The lowest BCUT2D eigenvalue weighted by Gasteiger charge is -2.15. The number of fused-ring (bicyclic) bond motifs is 1. The lowest BCUT2D eigenvalue weighted by atomic mass is 10.1. The monoisotopic (exact) mass is 554 g/mol. The fourth-order valence-electron chi connectivity index (χ4n) is 4.47. The highest BCUT2D eigenvalue weighted by Crippen LogP contribution is 2.36. The number of aromatic nitrogens is 7. The number of halogens is 4. The largest absolute Gasteiger partial charge is 0.434 e. The second-order valence-corrected chi connectivity index (χ2v) is 9.11. The molecule has 39 heavy (non-hydrogen) atoms. The summed E-state index contributed by atoms with van der Waals surface area (Å²) in [5, 5.41) is 14.7. The van der Waals surface area contributed by atoms with Crippen LogP contribution in [0.4, 0.5) is 18.9 Å². The zero-order valence-corrected chi connectivity index (χ0v) is 20.7. The van der Waals surface area contributed by atoms with Gasteiger partial charge < -0.3 is 10.1 Å². The van der Waals surface area contributed by atoms with Gasteiger partial charge >= 0.3 is 6.18 Å². The first-order valence-corrected chi connectivity index (χ1v) is 12.2. The van der Waals surface area contributed by atoms with E-state index >= 15 is 0 Å². The molecule has 0 bridgehead atoms. The number of hydrogen-bond donors (Lipinski definition) is 1. The summed E-state index contributed by atoms with van der Waals surface area (Å²) in [5.74, 6) is -0.842. The zero-order chi connectivity index (χ0) is 27.1. The van der Waals surface area contributed by atoms with Gasteiger partial charge in [0.2, 0.25) is 0 Å². The van der Waals surface area contributed by atoms with E-state index in [0.717, 1.165) is 24.7 Å². The van der Waals surface area contributed by atoms with Crippen LogP contribution in [0.3, 0.4) is 0 Å². The quantitative estimate of drug-likeness (QED) is 0.319. The Labute approximate surface area is 223 Å². The molecule has 1 aromatic carbocycles. The van der Waals surface area contributed by atoms with Crippen LogP contribution in [0.2, 0.25) is 5.02 Å². The number of pyridine rings is 2. The van der Waals surface area contributed by atoms with Crippen LogP contribution in [0.5, 0.6) is 0 Å². The van der Waals surface area contributed by atoms with Crippen LogP contribution in [-0.2, 0) is 10.9 Å². The maximum atomic E-state index is 14.3. The summed E-state index contributed by atoms with van der Waals surface area (Å²) < 4.78 is 49.4. The van der Waals surface area contributed by atoms with E-state index in [2.05, 4.69) is 30.6 Å². The fourth-order valence-corrected chi connectivity index (χ4v) is 4.71. The minimum atomic E-state index is -4.90. The highest BCUT2D eigenvalue weighted by atomic mass is 35.5.